The summed E-state index contributed by atoms with van der Waals surface area (Å²) in [6.45, 7) is 6.59. The molecule has 6 heteroatoms. The Balaban J connectivity index is 2.56. The first-order chi connectivity index (χ1) is 8.78. The fraction of sp³-hybridized carbons (Fsp3) is 0.846. The molecule has 19 heavy (non-hydrogen) atoms. The quantitative estimate of drug-likeness (QED) is 0.827. The van der Waals surface area contributed by atoms with E-state index in [-0.39, 0.29) is 19.1 Å². The summed E-state index contributed by atoms with van der Waals surface area (Å²) in [6, 6.07) is 0. The van der Waals surface area contributed by atoms with Crippen molar-refractivity contribution in [3.05, 3.63) is 0 Å². The van der Waals surface area contributed by atoms with E-state index in [4.69, 9.17) is 14.6 Å². The van der Waals surface area contributed by atoms with Crippen LogP contribution in [0.5, 0.6) is 0 Å². The van der Waals surface area contributed by atoms with Gasteiger partial charge in [0.15, 0.2) is 0 Å². The summed E-state index contributed by atoms with van der Waals surface area (Å²) in [5.41, 5.74) is -0.588. The number of nitrogens with zero attached hydrogens (tertiary/aromatic N) is 1. The lowest BCUT2D eigenvalue weighted by Gasteiger charge is -2.28. The number of ether oxygens (including phenoxy) is 2. The number of carbonyl (C=O) groups is 2. The monoisotopic (exact) mass is 273 g/mol. The van der Waals surface area contributed by atoms with Crippen LogP contribution in [0.15, 0.2) is 0 Å². The number of hydrogen-bond donors (Lipinski definition) is 1. The third-order valence-electron chi connectivity index (χ3n) is 2.70. The zero-order chi connectivity index (χ0) is 14.5. The summed E-state index contributed by atoms with van der Waals surface area (Å²) in [4.78, 5) is 24.1. The van der Waals surface area contributed by atoms with E-state index in [0.29, 0.717) is 13.2 Å². The number of amides is 1. The molecule has 1 atom stereocenters. The lowest BCUT2D eigenvalue weighted by molar-refractivity contribution is -0.137. The predicted octanol–water partition coefficient (Wildman–Crippen LogP) is 1.88. The molecule has 6 nitrogen and oxygen atoms in total. The molecule has 1 fully saturated rings. The second kappa shape index (κ2) is 6.75. The molecule has 1 rings (SSSR count). The van der Waals surface area contributed by atoms with Gasteiger partial charge < -0.3 is 19.5 Å². The molecule has 0 bridgehead atoms. The van der Waals surface area contributed by atoms with E-state index in [0.717, 1.165) is 12.8 Å². The van der Waals surface area contributed by atoms with Crippen LogP contribution in [0.4, 0.5) is 4.79 Å². The van der Waals surface area contributed by atoms with Crippen molar-refractivity contribution in [1.82, 2.24) is 4.90 Å². The molecular formula is C13H23NO5. The highest BCUT2D eigenvalue weighted by molar-refractivity contribution is 5.70. The van der Waals surface area contributed by atoms with Gasteiger partial charge in [-0.1, -0.05) is 0 Å². The second-order valence-electron chi connectivity index (χ2n) is 5.71. The van der Waals surface area contributed by atoms with Gasteiger partial charge in [0, 0.05) is 13.2 Å². The molecule has 0 aromatic heterocycles. The van der Waals surface area contributed by atoms with E-state index in [1.165, 1.54) is 4.90 Å². The summed E-state index contributed by atoms with van der Waals surface area (Å²) in [5, 5.41) is 8.73. The van der Waals surface area contributed by atoms with Crippen molar-refractivity contribution in [3.63, 3.8) is 0 Å². The van der Waals surface area contributed by atoms with Gasteiger partial charge in [0.1, 0.15) is 5.60 Å². The molecule has 110 valence electrons. The molecule has 0 spiro atoms. The van der Waals surface area contributed by atoms with Crippen molar-refractivity contribution in [3.8, 4) is 0 Å². The van der Waals surface area contributed by atoms with Gasteiger partial charge in [-0.25, -0.2) is 4.79 Å². The summed E-state index contributed by atoms with van der Waals surface area (Å²) in [6.07, 6.45) is 1.29. The molecule has 1 N–H and O–H groups in total. The average molecular weight is 273 g/mol. The molecule has 1 aliphatic rings. The minimum absolute atomic E-state index is 0.0127. The molecular weight excluding hydrogens is 250 g/mol. The van der Waals surface area contributed by atoms with Gasteiger partial charge in [-0.05, 0) is 33.6 Å². The zero-order valence-electron chi connectivity index (χ0n) is 11.8. The Kier molecular flexibility index (Phi) is 5.60. The maximum atomic E-state index is 12.0. The average Bonchev–Trinajstić information content (AvgIpc) is 2.73. The van der Waals surface area contributed by atoms with Crippen LogP contribution in [0, 0.1) is 0 Å². The SMILES string of the molecule is CC(C)(C)OC(=O)N(CCC(=O)O)C[C@H]1CCCO1. The summed E-state index contributed by atoms with van der Waals surface area (Å²) >= 11 is 0. The summed E-state index contributed by atoms with van der Waals surface area (Å²) < 4.78 is 10.8. The van der Waals surface area contributed by atoms with Crippen molar-refractivity contribution in [2.24, 2.45) is 0 Å². The lowest BCUT2D eigenvalue weighted by atomic mass is 10.2. The molecule has 0 aromatic carbocycles. The lowest BCUT2D eigenvalue weighted by Crippen LogP contribution is -2.42. The fourth-order valence-corrected chi connectivity index (χ4v) is 1.85. The molecule has 0 aliphatic carbocycles. The van der Waals surface area contributed by atoms with Crippen LogP contribution in [-0.2, 0) is 14.3 Å². The van der Waals surface area contributed by atoms with Gasteiger partial charge >= 0.3 is 12.1 Å². The van der Waals surface area contributed by atoms with Crippen molar-refractivity contribution in [2.45, 2.75) is 51.7 Å². The van der Waals surface area contributed by atoms with Gasteiger partial charge in [0.05, 0.1) is 19.1 Å². The normalized spacial score (nSPS) is 19.2. The van der Waals surface area contributed by atoms with Gasteiger partial charge in [0.2, 0.25) is 0 Å². The van der Waals surface area contributed by atoms with E-state index in [1.54, 1.807) is 20.8 Å². The first-order valence-corrected chi connectivity index (χ1v) is 6.59. The minimum atomic E-state index is -0.930. The van der Waals surface area contributed by atoms with Crippen LogP contribution in [0.1, 0.15) is 40.0 Å². The molecule has 0 saturated carbocycles. The maximum Gasteiger partial charge on any atom is 0.410 e. The number of carboxylic acids is 1. The van der Waals surface area contributed by atoms with Crippen molar-refractivity contribution in [2.75, 3.05) is 19.7 Å². The number of rotatable bonds is 5. The molecule has 1 amide bonds. The van der Waals surface area contributed by atoms with Crippen LogP contribution < -0.4 is 0 Å². The number of hydrogen-bond acceptors (Lipinski definition) is 4. The summed E-state index contributed by atoms with van der Waals surface area (Å²) in [7, 11) is 0. The second-order valence-corrected chi connectivity index (χ2v) is 5.71. The van der Waals surface area contributed by atoms with Gasteiger partial charge in [0.25, 0.3) is 0 Å². The van der Waals surface area contributed by atoms with Crippen molar-refractivity contribution < 1.29 is 24.2 Å². The molecule has 1 saturated heterocycles. The Morgan fingerprint density at radius 3 is 2.58 bits per heavy atom. The fourth-order valence-electron chi connectivity index (χ4n) is 1.85. The Hall–Kier alpha value is -1.30. The van der Waals surface area contributed by atoms with Gasteiger partial charge in [-0.3, -0.25) is 4.79 Å². The van der Waals surface area contributed by atoms with Crippen LogP contribution >= 0.6 is 0 Å². The molecule has 0 aromatic rings. The van der Waals surface area contributed by atoms with Crippen LogP contribution in [0.3, 0.4) is 0 Å². The Labute approximate surface area is 113 Å². The highest BCUT2D eigenvalue weighted by Gasteiger charge is 2.26. The smallest absolute Gasteiger partial charge is 0.410 e. The Morgan fingerprint density at radius 1 is 1.42 bits per heavy atom. The highest BCUT2D eigenvalue weighted by Crippen LogP contribution is 2.16. The first-order valence-electron chi connectivity index (χ1n) is 6.59. The largest absolute Gasteiger partial charge is 0.481 e. The third kappa shape index (κ3) is 6.42. The Bertz CT molecular complexity index is 317. The zero-order valence-corrected chi connectivity index (χ0v) is 11.8. The molecule has 1 aliphatic heterocycles. The highest BCUT2D eigenvalue weighted by atomic mass is 16.6. The minimum Gasteiger partial charge on any atom is -0.481 e. The topological polar surface area (TPSA) is 76.1 Å². The standard InChI is InChI=1S/C13H23NO5/c1-13(2,3)19-12(17)14(7-6-11(15)16)9-10-5-4-8-18-10/h10H,4-9H2,1-3H3,(H,15,16)/t10-/m1/s1. The number of aliphatic carboxylic acids is 1. The molecule has 0 unspecified atom stereocenters. The molecule has 1 heterocycles. The molecule has 0 radical (unpaired) electrons. The summed E-state index contributed by atoms with van der Waals surface area (Å²) in [5.74, 6) is -0.930. The van der Waals surface area contributed by atoms with Crippen molar-refractivity contribution in [1.29, 1.82) is 0 Å². The Morgan fingerprint density at radius 2 is 2.11 bits per heavy atom. The van der Waals surface area contributed by atoms with E-state index in [1.807, 2.05) is 0 Å². The van der Waals surface area contributed by atoms with Crippen LogP contribution in [0.25, 0.3) is 0 Å². The first kappa shape index (κ1) is 15.8. The van der Waals surface area contributed by atoms with Gasteiger partial charge in [-0.2, -0.15) is 0 Å². The number of carbonyl (C=O) groups excluding carboxylic acids is 1. The number of carboxylic acid groups (broad SMARTS) is 1. The van der Waals surface area contributed by atoms with E-state index in [9.17, 15) is 9.59 Å². The van der Waals surface area contributed by atoms with Gasteiger partial charge in [-0.15, -0.1) is 0 Å². The third-order valence-corrected chi connectivity index (χ3v) is 2.70. The van der Waals surface area contributed by atoms with Crippen molar-refractivity contribution >= 4 is 12.1 Å². The van der Waals surface area contributed by atoms with E-state index in [2.05, 4.69) is 0 Å². The van der Waals surface area contributed by atoms with Crippen LogP contribution in [-0.4, -0.2) is 53.5 Å². The predicted molar refractivity (Wildman–Crippen MR) is 69.0 cm³/mol. The van der Waals surface area contributed by atoms with Crippen LogP contribution in [0.2, 0.25) is 0 Å². The van der Waals surface area contributed by atoms with E-state index >= 15 is 0 Å². The maximum absolute atomic E-state index is 12.0. The van der Waals surface area contributed by atoms with E-state index < -0.39 is 17.7 Å².